The van der Waals surface area contributed by atoms with Gasteiger partial charge in [0.25, 0.3) is 0 Å². The highest BCUT2D eigenvalue weighted by molar-refractivity contribution is 6.31. The first kappa shape index (κ1) is 13.3. The topological polar surface area (TPSA) is 46.2 Å². The molecule has 0 aromatic heterocycles. The SMILES string of the molecule is CC(N)C(O)c1ccc(C(F)(F)F)cc1Cl. The lowest BCUT2D eigenvalue weighted by molar-refractivity contribution is -0.137. The molecule has 1 rings (SSSR count). The molecule has 0 radical (unpaired) electrons. The van der Waals surface area contributed by atoms with Gasteiger partial charge in [-0.2, -0.15) is 13.2 Å². The van der Waals surface area contributed by atoms with Crippen molar-refractivity contribution in [3.8, 4) is 0 Å². The summed E-state index contributed by atoms with van der Waals surface area (Å²) in [7, 11) is 0. The Morgan fingerprint density at radius 3 is 2.31 bits per heavy atom. The van der Waals surface area contributed by atoms with E-state index < -0.39 is 23.9 Å². The Labute approximate surface area is 95.8 Å². The van der Waals surface area contributed by atoms with Gasteiger partial charge in [0.15, 0.2) is 0 Å². The second kappa shape index (κ2) is 4.61. The lowest BCUT2D eigenvalue weighted by atomic mass is 10.0. The first-order valence-electron chi connectivity index (χ1n) is 4.53. The van der Waals surface area contributed by atoms with Crippen LogP contribution < -0.4 is 5.73 Å². The molecular weight excluding hydrogens is 243 g/mol. The van der Waals surface area contributed by atoms with E-state index in [9.17, 15) is 18.3 Å². The minimum Gasteiger partial charge on any atom is -0.387 e. The maximum absolute atomic E-state index is 12.3. The Morgan fingerprint density at radius 2 is 1.94 bits per heavy atom. The molecule has 16 heavy (non-hydrogen) atoms. The molecular formula is C10H11ClF3NO. The van der Waals surface area contributed by atoms with Gasteiger partial charge in [0.2, 0.25) is 0 Å². The molecule has 0 heterocycles. The van der Waals surface area contributed by atoms with Gasteiger partial charge in [0, 0.05) is 16.6 Å². The lowest BCUT2D eigenvalue weighted by Gasteiger charge is -2.17. The Morgan fingerprint density at radius 1 is 1.38 bits per heavy atom. The number of halogens is 4. The zero-order chi connectivity index (χ0) is 12.5. The summed E-state index contributed by atoms with van der Waals surface area (Å²) in [5, 5.41) is 9.44. The largest absolute Gasteiger partial charge is 0.416 e. The first-order chi connectivity index (χ1) is 7.23. The lowest BCUT2D eigenvalue weighted by Crippen LogP contribution is -2.24. The molecule has 0 saturated carbocycles. The molecule has 0 bridgehead atoms. The van der Waals surface area contributed by atoms with Crippen LogP contribution in [-0.2, 0) is 6.18 Å². The molecule has 0 amide bonds. The predicted molar refractivity (Wildman–Crippen MR) is 55.1 cm³/mol. The maximum atomic E-state index is 12.3. The number of aliphatic hydroxyl groups excluding tert-OH is 1. The Bertz CT molecular complexity index is 379. The third kappa shape index (κ3) is 2.87. The monoisotopic (exact) mass is 253 g/mol. The van der Waals surface area contributed by atoms with Gasteiger partial charge in [-0.25, -0.2) is 0 Å². The van der Waals surface area contributed by atoms with Crippen molar-refractivity contribution in [3.05, 3.63) is 34.3 Å². The third-order valence-corrected chi connectivity index (χ3v) is 2.47. The highest BCUT2D eigenvalue weighted by atomic mass is 35.5. The molecule has 2 atom stereocenters. The van der Waals surface area contributed by atoms with Crippen LogP contribution in [0.5, 0.6) is 0 Å². The molecule has 0 fully saturated rings. The average molecular weight is 254 g/mol. The van der Waals surface area contributed by atoms with E-state index in [1.807, 2.05) is 0 Å². The van der Waals surface area contributed by atoms with E-state index in [1.165, 1.54) is 0 Å². The highest BCUT2D eigenvalue weighted by Gasteiger charge is 2.31. The van der Waals surface area contributed by atoms with Crippen LogP contribution >= 0.6 is 11.6 Å². The van der Waals surface area contributed by atoms with Gasteiger partial charge in [0.05, 0.1) is 11.7 Å². The van der Waals surface area contributed by atoms with Crippen LogP contribution in [0.3, 0.4) is 0 Å². The summed E-state index contributed by atoms with van der Waals surface area (Å²) in [5.41, 5.74) is 4.78. The van der Waals surface area contributed by atoms with E-state index in [-0.39, 0.29) is 10.6 Å². The number of nitrogens with two attached hydrogens (primary N) is 1. The van der Waals surface area contributed by atoms with Crippen LogP contribution in [0.1, 0.15) is 24.2 Å². The van der Waals surface area contributed by atoms with Crippen LogP contribution in [0.2, 0.25) is 5.02 Å². The summed E-state index contributed by atoms with van der Waals surface area (Å²) in [6.07, 6.45) is -5.52. The van der Waals surface area contributed by atoms with Gasteiger partial charge in [-0.3, -0.25) is 0 Å². The highest BCUT2D eigenvalue weighted by Crippen LogP contribution is 2.34. The van der Waals surface area contributed by atoms with Gasteiger partial charge in [-0.15, -0.1) is 0 Å². The van der Waals surface area contributed by atoms with Crippen LogP contribution in [0.25, 0.3) is 0 Å². The number of rotatable bonds is 2. The van der Waals surface area contributed by atoms with Crippen molar-refractivity contribution in [3.63, 3.8) is 0 Å². The fraction of sp³-hybridized carbons (Fsp3) is 0.400. The van der Waals surface area contributed by atoms with Crippen LogP contribution in [0, 0.1) is 0 Å². The zero-order valence-corrected chi connectivity index (χ0v) is 9.18. The van der Waals surface area contributed by atoms with Crippen molar-refractivity contribution < 1.29 is 18.3 Å². The molecule has 3 N–H and O–H groups in total. The van der Waals surface area contributed by atoms with Gasteiger partial charge in [-0.05, 0) is 19.1 Å². The Balaban J connectivity index is 3.10. The number of alkyl halides is 3. The molecule has 6 heteroatoms. The quantitative estimate of drug-likeness (QED) is 0.851. The van der Waals surface area contributed by atoms with Gasteiger partial charge in [0.1, 0.15) is 0 Å². The van der Waals surface area contributed by atoms with Crippen molar-refractivity contribution in [2.45, 2.75) is 25.2 Å². The van der Waals surface area contributed by atoms with E-state index in [0.717, 1.165) is 18.2 Å². The number of hydrogen-bond donors (Lipinski definition) is 2. The molecule has 0 saturated heterocycles. The molecule has 2 nitrogen and oxygen atoms in total. The smallest absolute Gasteiger partial charge is 0.387 e. The summed E-state index contributed by atoms with van der Waals surface area (Å²) >= 11 is 5.66. The standard InChI is InChI=1S/C10H11ClF3NO/c1-5(15)9(16)7-3-2-6(4-8(7)11)10(12,13)14/h2-5,9,16H,15H2,1H3. The second-order valence-corrected chi connectivity index (χ2v) is 3.95. The summed E-state index contributed by atoms with van der Waals surface area (Å²) in [6, 6.07) is 2.18. The van der Waals surface area contributed by atoms with Gasteiger partial charge in [-0.1, -0.05) is 17.7 Å². The van der Waals surface area contributed by atoms with E-state index in [2.05, 4.69) is 0 Å². The molecule has 0 aliphatic carbocycles. The molecule has 0 aliphatic heterocycles. The zero-order valence-electron chi connectivity index (χ0n) is 8.42. The van der Waals surface area contributed by atoms with E-state index in [0.29, 0.717) is 0 Å². The maximum Gasteiger partial charge on any atom is 0.416 e. The molecule has 2 unspecified atom stereocenters. The summed E-state index contributed by atoms with van der Waals surface area (Å²) in [5.74, 6) is 0. The molecule has 0 spiro atoms. The van der Waals surface area contributed by atoms with E-state index in [1.54, 1.807) is 6.92 Å². The summed E-state index contributed by atoms with van der Waals surface area (Å²) in [4.78, 5) is 0. The molecule has 1 aromatic rings. The Hall–Kier alpha value is -0.780. The number of hydrogen-bond acceptors (Lipinski definition) is 2. The van der Waals surface area contributed by atoms with Crippen molar-refractivity contribution in [2.75, 3.05) is 0 Å². The minimum atomic E-state index is -4.44. The van der Waals surface area contributed by atoms with Crippen LogP contribution in [0.15, 0.2) is 18.2 Å². The number of aliphatic hydroxyl groups is 1. The van der Waals surface area contributed by atoms with Crippen molar-refractivity contribution in [1.29, 1.82) is 0 Å². The average Bonchev–Trinajstić information content (AvgIpc) is 2.15. The number of benzene rings is 1. The van der Waals surface area contributed by atoms with Crippen molar-refractivity contribution in [1.82, 2.24) is 0 Å². The van der Waals surface area contributed by atoms with Gasteiger partial charge < -0.3 is 10.8 Å². The van der Waals surface area contributed by atoms with E-state index >= 15 is 0 Å². The van der Waals surface area contributed by atoms with Crippen LogP contribution in [0.4, 0.5) is 13.2 Å². The van der Waals surface area contributed by atoms with E-state index in [4.69, 9.17) is 17.3 Å². The second-order valence-electron chi connectivity index (χ2n) is 3.54. The summed E-state index contributed by atoms with van der Waals surface area (Å²) in [6.45, 7) is 1.54. The van der Waals surface area contributed by atoms with Gasteiger partial charge >= 0.3 is 6.18 Å². The molecule has 90 valence electrons. The Kier molecular flexibility index (Phi) is 3.83. The third-order valence-electron chi connectivity index (χ3n) is 2.14. The predicted octanol–water partition coefficient (Wildman–Crippen LogP) is 2.74. The van der Waals surface area contributed by atoms with Crippen LogP contribution in [-0.4, -0.2) is 11.1 Å². The fourth-order valence-corrected chi connectivity index (χ4v) is 1.52. The fourth-order valence-electron chi connectivity index (χ4n) is 1.23. The van der Waals surface area contributed by atoms with Crippen molar-refractivity contribution in [2.24, 2.45) is 5.73 Å². The molecule has 0 aliphatic rings. The molecule has 1 aromatic carbocycles. The minimum absolute atomic E-state index is 0.139. The van der Waals surface area contributed by atoms with Crippen molar-refractivity contribution >= 4 is 11.6 Å². The first-order valence-corrected chi connectivity index (χ1v) is 4.91. The normalized spacial score (nSPS) is 15.9. The summed E-state index contributed by atoms with van der Waals surface area (Å²) < 4.78 is 36.9.